The molecule has 0 saturated carbocycles. The lowest BCUT2D eigenvalue weighted by molar-refractivity contribution is 0.393. The molecule has 0 aliphatic heterocycles. The Balaban J connectivity index is 0.000000128. The van der Waals surface area contributed by atoms with Gasteiger partial charge in [0.1, 0.15) is 6.26 Å². The Bertz CT molecular complexity index is 427. The van der Waals surface area contributed by atoms with Crippen LogP contribution in [0.2, 0.25) is 0 Å². The molecule has 0 saturated heterocycles. The van der Waals surface area contributed by atoms with Gasteiger partial charge in [-0.1, -0.05) is 18.2 Å². The van der Waals surface area contributed by atoms with Crippen molar-refractivity contribution in [2.24, 2.45) is 0 Å². The summed E-state index contributed by atoms with van der Waals surface area (Å²) in [6.07, 6.45) is 4.69. The molecule has 0 bridgehead atoms. The fourth-order valence-electron chi connectivity index (χ4n) is 1.02. The molecule has 0 atom stereocenters. The highest BCUT2D eigenvalue weighted by atomic mass is 16.5. The number of para-hydroxylation sites is 1. The molecule has 1 N–H and O–H groups in total. The van der Waals surface area contributed by atoms with Crippen LogP contribution in [0.3, 0.4) is 0 Å². The average Bonchev–Trinajstić information content (AvgIpc) is 2.92. The highest BCUT2D eigenvalue weighted by molar-refractivity contribution is 5.77. The highest BCUT2D eigenvalue weighted by Crippen LogP contribution is 2.06. The van der Waals surface area contributed by atoms with Crippen LogP contribution in [0.25, 0.3) is 10.9 Å². The van der Waals surface area contributed by atoms with E-state index in [1.165, 1.54) is 12.5 Å². The lowest BCUT2D eigenvalue weighted by atomic mass is 10.3. The zero-order valence-electron chi connectivity index (χ0n) is 7.29. The zero-order chi connectivity index (χ0) is 9.64. The van der Waals surface area contributed by atoms with Crippen LogP contribution in [-0.2, 0) is 0 Å². The summed E-state index contributed by atoms with van der Waals surface area (Å²) in [4.78, 5) is 0. The van der Waals surface area contributed by atoms with Crippen molar-refractivity contribution in [1.29, 1.82) is 0 Å². The Morgan fingerprint density at radius 2 is 2.14 bits per heavy atom. The predicted octanol–water partition coefficient (Wildman–Crippen LogP) is 1.63. The van der Waals surface area contributed by atoms with Crippen molar-refractivity contribution >= 4 is 10.9 Å². The standard InChI is InChI=1S/C7H6N2.C2H2N2O/c1-2-4-7-6(3-1)5-8-9-7;1-2-5-4-3-1/h1-5H,(H,8,9);1-2H. The van der Waals surface area contributed by atoms with Gasteiger partial charge >= 0.3 is 0 Å². The van der Waals surface area contributed by atoms with Gasteiger partial charge in [0.15, 0.2) is 0 Å². The minimum atomic E-state index is 1.09. The van der Waals surface area contributed by atoms with Crippen molar-refractivity contribution < 1.29 is 4.52 Å². The molecule has 70 valence electrons. The molecule has 0 radical (unpaired) electrons. The van der Waals surface area contributed by atoms with E-state index in [1.807, 2.05) is 30.5 Å². The SMILES string of the molecule is c1ccc2[nH]ncc2c1.c1conn1. The van der Waals surface area contributed by atoms with E-state index in [0.29, 0.717) is 0 Å². The third kappa shape index (κ3) is 1.95. The first-order valence-corrected chi connectivity index (χ1v) is 4.06. The van der Waals surface area contributed by atoms with Crippen LogP contribution >= 0.6 is 0 Å². The van der Waals surface area contributed by atoms with E-state index in [9.17, 15) is 0 Å². The first kappa shape index (κ1) is 8.43. The van der Waals surface area contributed by atoms with E-state index in [2.05, 4.69) is 25.1 Å². The van der Waals surface area contributed by atoms with E-state index in [1.54, 1.807) is 0 Å². The number of nitrogens with one attached hydrogen (secondary N) is 1. The topological polar surface area (TPSA) is 67.6 Å². The summed E-state index contributed by atoms with van der Waals surface area (Å²) in [5.41, 5.74) is 1.09. The molecule has 1 aromatic carbocycles. The quantitative estimate of drug-likeness (QED) is 0.582. The Morgan fingerprint density at radius 1 is 1.21 bits per heavy atom. The summed E-state index contributed by atoms with van der Waals surface area (Å²) in [6.45, 7) is 0. The van der Waals surface area contributed by atoms with Crippen LogP contribution in [-0.4, -0.2) is 20.6 Å². The van der Waals surface area contributed by atoms with Gasteiger partial charge in [-0.2, -0.15) is 5.10 Å². The fourth-order valence-corrected chi connectivity index (χ4v) is 1.02. The first-order valence-electron chi connectivity index (χ1n) is 4.06. The van der Waals surface area contributed by atoms with E-state index in [-0.39, 0.29) is 0 Å². The molecule has 0 aliphatic rings. The zero-order valence-corrected chi connectivity index (χ0v) is 7.29. The summed E-state index contributed by atoms with van der Waals surface area (Å²) in [5, 5.41) is 14.3. The van der Waals surface area contributed by atoms with Crippen LogP contribution < -0.4 is 0 Å². The van der Waals surface area contributed by atoms with Crippen molar-refractivity contribution in [3.63, 3.8) is 0 Å². The van der Waals surface area contributed by atoms with Gasteiger partial charge in [0.25, 0.3) is 0 Å². The Kier molecular flexibility index (Phi) is 2.51. The third-order valence-corrected chi connectivity index (χ3v) is 1.63. The summed E-state index contributed by atoms with van der Waals surface area (Å²) in [6, 6.07) is 8.01. The van der Waals surface area contributed by atoms with Crippen molar-refractivity contribution in [2.75, 3.05) is 0 Å². The largest absolute Gasteiger partial charge is 0.346 e. The molecular weight excluding hydrogens is 180 g/mol. The minimum absolute atomic E-state index is 1.09. The number of rotatable bonds is 0. The van der Waals surface area contributed by atoms with Crippen LogP contribution in [0.1, 0.15) is 0 Å². The first-order chi connectivity index (χ1) is 6.97. The number of hydrogen-bond acceptors (Lipinski definition) is 4. The maximum absolute atomic E-state index is 4.22. The lowest BCUT2D eigenvalue weighted by Gasteiger charge is -1.81. The second-order valence-electron chi connectivity index (χ2n) is 2.54. The number of aromatic amines is 1. The molecule has 2 heterocycles. The molecule has 3 aromatic rings. The second-order valence-corrected chi connectivity index (χ2v) is 2.54. The Hall–Kier alpha value is -2.17. The van der Waals surface area contributed by atoms with Crippen LogP contribution in [0.15, 0.2) is 47.4 Å². The van der Waals surface area contributed by atoms with Gasteiger partial charge in [0, 0.05) is 10.7 Å². The maximum Gasteiger partial charge on any atom is 0.144 e. The van der Waals surface area contributed by atoms with Crippen LogP contribution in [0, 0.1) is 0 Å². The number of nitrogens with zero attached hydrogens (tertiary/aromatic N) is 3. The molecule has 0 unspecified atom stereocenters. The highest BCUT2D eigenvalue weighted by Gasteiger charge is 1.88. The van der Waals surface area contributed by atoms with Gasteiger partial charge in [0.2, 0.25) is 0 Å². The van der Waals surface area contributed by atoms with Gasteiger partial charge in [-0.25, -0.2) is 0 Å². The monoisotopic (exact) mass is 188 g/mol. The number of fused-ring (bicyclic) bond motifs is 1. The third-order valence-electron chi connectivity index (χ3n) is 1.63. The summed E-state index contributed by atoms with van der Waals surface area (Å²) >= 11 is 0. The van der Waals surface area contributed by atoms with Crippen LogP contribution in [0.4, 0.5) is 0 Å². The summed E-state index contributed by atoms with van der Waals surface area (Å²) < 4.78 is 4.22. The molecule has 2 aromatic heterocycles. The minimum Gasteiger partial charge on any atom is -0.346 e. The lowest BCUT2D eigenvalue weighted by Crippen LogP contribution is -1.63. The van der Waals surface area contributed by atoms with Crippen molar-refractivity contribution in [3.05, 3.63) is 42.9 Å². The van der Waals surface area contributed by atoms with Crippen LogP contribution in [0.5, 0.6) is 0 Å². The van der Waals surface area contributed by atoms with Crippen molar-refractivity contribution in [3.8, 4) is 0 Å². The van der Waals surface area contributed by atoms with Crippen molar-refractivity contribution in [1.82, 2.24) is 20.6 Å². The molecule has 3 rings (SSSR count). The second kappa shape index (κ2) is 4.18. The van der Waals surface area contributed by atoms with Crippen molar-refractivity contribution in [2.45, 2.75) is 0 Å². The molecule has 14 heavy (non-hydrogen) atoms. The Morgan fingerprint density at radius 3 is 2.79 bits per heavy atom. The van der Waals surface area contributed by atoms with Gasteiger partial charge < -0.3 is 4.52 Å². The molecule has 0 aliphatic carbocycles. The molecular formula is C9H8N4O. The summed E-state index contributed by atoms with van der Waals surface area (Å²) in [5.74, 6) is 0. The average molecular weight is 188 g/mol. The number of aromatic nitrogens is 4. The van der Waals surface area contributed by atoms with E-state index >= 15 is 0 Å². The molecule has 0 spiro atoms. The number of H-pyrrole nitrogens is 1. The van der Waals surface area contributed by atoms with Gasteiger partial charge in [0.05, 0.1) is 17.9 Å². The Labute approximate surface area is 79.7 Å². The molecule has 0 amide bonds. The fraction of sp³-hybridized carbons (Fsp3) is 0. The smallest absolute Gasteiger partial charge is 0.144 e. The normalized spacial score (nSPS) is 9.43. The molecule has 5 nitrogen and oxygen atoms in total. The number of benzene rings is 1. The van der Waals surface area contributed by atoms with E-state index in [4.69, 9.17) is 0 Å². The van der Waals surface area contributed by atoms with Gasteiger partial charge in [-0.3, -0.25) is 5.10 Å². The molecule has 5 heteroatoms. The van der Waals surface area contributed by atoms with Gasteiger partial charge in [-0.15, -0.1) is 5.10 Å². The summed E-state index contributed by atoms with van der Waals surface area (Å²) in [7, 11) is 0. The maximum atomic E-state index is 4.22. The predicted molar refractivity (Wildman–Crippen MR) is 50.4 cm³/mol. The van der Waals surface area contributed by atoms with E-state index in [0.717, 1.165) is 10.9 Å². The van der Waals surface area contributed by atoms with E-state index < -0.39 is 0 Å². The molecule has 0 fully saturated rings. The van der Waals surface area contributed by atoms with Gasteiger partial charge in [-0.05, 0) is 6.07 Å². The number of hydrogen-bond donors (Lipinski definition) is 1.